The molecule has 0 atom stereocenters. The average molecular weight is 410 g/mol. The lowest BCUT2D eigenvalue weighted by Crippen LogP contribution is -2.28. The highest BCUT2D eigenvalue weighted by Crippen LogP contribution is 2.29. The maximum absolute atomic E-state index is 13.4. The number of carbonyl (C=O) groups is 1. The Morgan fingerprint density at radius 2 is 1.76 bits per heavy atom. The third-order valence-electron chi connectivity index (χ3n) is 4.96. The van der Waals surface area contributed by atoms with E-state index in [0.29, 0.717) is 17.8 Å². The first-order chi connectivity index (χ1) is 13.8. The number of hydrogen-bond donors (Lipinski definition) is 1. The molecule has 1 aliphatic heterocycles. The molecule has 5 nitrogen and oxygen atoms in total. The van der Waals surface area contributed by atoms with E-state index >= 15 is 0 Å². The van der Waals surface area contributed by atoms with Crippen molar-refractivity contribution in [2.45, 2.75) is 18.2 Å². The van der Waals surface area contributed by atoms with E-state index in [9.17, 15) is 17.6 Å². The van der Waals surface area contributed by atoms with E-state index in [4.69, 9.17) is 0 Å². The molecule has 1 aliphatic rings. The van der Waals surface area contributed by atoms with E-state index in [0.717, 1.165) is 23.7 Å². The number of anilines is 2. The van der Waals surface area contributed by atoms with Gasteiger partial charge < -0.3 is 4.90 Å². The van der Waals surface area contributed by atoms with Crippen LogP contribution in [0, 0.1) is 12.7 Å². The van der Waals surface area contributed by atoms with E-state index in [1.807, 2.05) is 24.3 Å². The highest BCUT2D eigenvalue weighted by molar-refractivity contribution is 7.92. The highest BCUT2D eigenvalue weighted by Gasteiger charge is 2.25. The van der Waals surface area contributed by atoms with Crippen LogP contribution in [0.2, 0.25) is 0 Å². The van der Waals surface area contributed by atoms with Gasteiger partial charge in [-0.05, 0) is 73.0 Å². The van der Waals surface area contributed by atoms with Gasteiger partial charge in [0.1, 0.15) is 5.82 Å². The number of benzene rings is 3. The molecule has 1 heterocycles. The van der Waals surface area contributed by atoms with Crippen molar-refractivity contribution >= 4 is 27.3 Å². The molecule has 0 saturated heterocycles. The number of aryl methyl sites for hydroxylation is 1. The van der Waals surface area contributed by atoms with Gasteiger partial charge in [-0.15, -0.1) is 0 Å². The minimum atomic E-state index is -3.85. The molecule has 0 unspecified atom stereocenters. The molecule has 29 heavy (non-hydrogen) atoms. The van der Waals surface area contributed by atoms with Crippen molar-refractivity contribution in [2.24, 2.45) is 0 Å². The van der Waals surface area contributed by atoms with Crippen LogP contribution < -0.4 is 9.62 Å². The number of rotatable bonds is 4. The Morgan fingerprint density at radius 1 is 1.03 bits per heavy atom. The van der Waals surface area contributed by atoms with Gasteiger partial charge in [-0.2, -0.15) is 0 Å². The van der Waals surface area contributed by atoms with Crippen LogP contribution in [0.15, 0.2) is 71.6 Å². The number of nitrogens with one attached hydrogen (secondary N) is 1. The summed E-state index contributed by atoms with van der Waals surface area (Å²) in [6.07, 6.45) is 0.816. The first-order valence-corrected chi connectivity index (χ1v) is 10.6. The summed E-state index contributed by atoms with van der Waals surface area (Å²) in [6, 6.07) is 17.7. The number of amides is 1. The summed E-state index contributed by atoms with van der Waals surface area (Å²) in [7, 11) is -3.85. The third-order valence-corrected chi connectivity index (χ3v) is 6.34. The van der Waals surface area contributed by atoms with Crippen molar-refractivity contribution in [1.29, 1.82) is 0 Å². The molecule has 0 bridgehead atoms. The Bertz CT molecular complexity index is 1190. The lowest BCUT2D eigenvalue weighted by Gasteiger charge is -2.17. The molecule has 3 aromatic carbocycles. The smallest absolute Gasteiger partial charge is 0.261 e. The topological polar surface area (TPSA) is 66.5 Å². The molecule has 0 aromatic heterocycles. The van der Waals surface area contributed by atoms with Crippen LogP contribution in [0.1, 0.15) is 21.5 Å². The number of carbonyl (C=O) groups excluding carboxylic acids is 1. The molecule has 7 heteroatoms. The lowest BCUT2D eigenvalue weighted by molar-refractivity contribution is 0.0989. The SMILES string of the molecule is Cc1cc(S(=O)(=O)Nc2ccc(C(=O)N3CCc4ccccc43)cc2)ccc1F. The van der Waals surface area contributed by atoms with Gasteiger partial charge in [0.15, 0.2) is 0 Å². The van der Waals surface area contributed by atoms with Gasteiger partial charge in [-0.1, -0.05) is 18.2 Å². The fourth-order valence-electron chi connectivity index (χ4n) is 3.38. The third kappa shape index (κ3) is 3.73. The number of hydrogen-bond acceptors (Lipinski definition) is 3. The quantitative estimate of drug-likeness (QED) is 0.703. The summed E-state index contributed by atoms with van der Waals surface area (Å²) in [5, 5.41) is 0. The van der Waals surface area contributed by atoms with E-state index in [1.165, 1.54) is 19.1 Å². The van der Waals surface area contributed by atoms with Crippen molar-refractivity contribution in [2.75, 3.05) is 16.2 Å². The predicted octanol–water partition coefficient (Wildman–Crippen LogP) is 4.14. The number of sulfonamides is 1. The molecular weight excluding hydrogens is 391 g/mol. The summed E-state index contributed by atoms with van der Waals surface area (Å²) >= 11 is 0. The molecule has 0 fully saturated rings. The first kappa shape index (κ1) is 19.1. The molecule has 0 radical (unpaired) electrons. The van der Waals surface area contributed by atoms with Gasteiger partial charge in [0.2, 0.25) is 0 Å². The Balaban J connectivity index is 1.52. The molecule has 0 aliphatic carbocycles. The Hall–Kier alpha value is -3.19. The van der Waals surface area contributed by atoms with Crippen LogP contribution in [0.5, 0.6) is 0 Å². The second-order valence-electron chi connectivity index (χ2n) is 6.93. The van der Waals surface area contributed by atoms with Crippen molar-refractivity contribution in [1.82, 2.24) is 0 Å². The van der Waals surface area contributed by atoms with Crippen molar-refractivity contribution in [3.8, 4) is 0 Å². The Kier molecular flexibility index (Phi) is 4.84. The van der Waals surface area contributed by atoms with Crippen molar-refractivity contribution < 1.29 is 17.6 Å². The molecule has 1 N–H and O–H groups in total. The van der Waals surface area contributed by atoms with Gasteiger partial charge in [-0.25, -0.2) is 12.8 Å². The average Bonchev–Trinajstić information content (AvgIpc) is 3.14. The minimum Gasteiger partial charge on any atom is -0.308 e. The molecule has 0 saturated carbocycles. The minimum absolute atomic E-state index is 0.0229. The zero-order valence-electron chi connectivity index (χ0n) is 15.7. The summed E-state index contributed by atoms with van der Waals surface area (Å²) in [4.78, 5) is 14.6. The van der Waals surface area contributed by atoms with Crippen LogP contribution in [0.3, 0.4) is 0 Å². The van der Waals surface area contributed by atoms with Crippen molar-refractivity contribution in [3.63, 3.8) is 0 Å². The van der Waals surface area contributed by atoms with E-state index < -0.39 is 15.8 Å². The van der Waals surface area contributed by atoms with Gasteiger partial charge in [0.05, 0.1) is 4.90 Å². The monoisotopic (exact) mass is 410 g/mol. The normalized spacial score (nSPS) is 13.2. The number of nitrogens with zero attached hydrogens (tertiary/aromatic N) is 1. The number of halogens is 1. The van der Waals surface area contributed by atoms with Crippen LogP contribution in [0.25, 0.3) is 0 Å². The van der Waals surface area contributed by atoms with Gasteiger partial charge in [0.25, 0.3) is 15.9 Å². The number of para-hydroxylation sites is 1. The molecular formula is C22H19FN2O3S. The zero-order chi connectivity index (χ0) is 20.6. The summed E-state index contributed by atoms with van der Waals surface area (Å²) in [5.74, 6) is -0.589. The first-order valence-electron chi connectivity index (χ1n) is 9.14. The van der Waals surface area contributed by atoms with Crippen LogP contribution in [-0.2, 0) is 16.4 Å². The largest absolute Gasteiger partial charge is 0.308 e. The maximum Gasteiger partial charge on any atom is 0.261 e. The predicted molar refractivity (Wildman–Crippen MR) is 110 cm³/mol. The Morgan fingerprint density at radius 3 is 2.48 bits per heavy atom. The molecule has 3 aromatic rings. The molecule has 148 valence electrons. The van der Waals surface area contributed by atoms with Gasteiger partial charge in [0, 0.05) is 23.5 Å². The standard InChI is InChI=1S/C22H19FN2O3S/c1-15-14-19(10-11-20(15)23)29(27,28)24-18-8-6-17(7-9-18)22(26)25-13-12-16-4-2-3-5-21(16)25/h2-11,14,24H,12-13H2,1H3. The van der Waals surface area contributed by atoms with Gasteiger partial charge in [-0.3, -0.25) is 9.52 Å². The Labute approximate surface area is 168 Å². The molecule has 4 rings (SSSR count). The van der Waals surface area contributed by atoms with E-state index in [2.05, 4.69) is 4.72 Å². The van der Waals surface area contributed by atoms with Crippen LogP contribution in [-0.4, -0.2) is 20.9 Å². The number of fused-ring (bicyclic) bond motifs is 1. The molecule has 0 spiro atoms. The van der Waals surface area contributed by atoms with Crippen LogP contribution >= 0.6 is 0 Å². The lowest BCUT2D eigenvalue weighted by atomic mass is 10.1. The van der Waals surface area contributed by atoms with Gasteiger partial charge >= 0.3 is 0 Å². The fraction of sp³-hybridized carbons (Fsp3) is 0.136. The maximum atomic E-state index is 13.4. The second-order valence-corrected chi connectivity index (χ2v) is 8.61. The fourth-order valence-corrected chi connectivity index (χ4v) is 4.53. The van der Waals surface area contributed by atoms with E-state index in [-0.39, 0.29) is 16.4 Å². The van der Waals surface area contributed by atoms with E-state index in [1.54, 1.807) is 29.2 Å². The van der Waals surface area contributed by atoms with Crippen LogP contribution in [0.4, 0.5) is 15.8 Å². The summed E-state index contributed by atoms with van der Waals surface area (Å²) in [5.41, 5.74) is 3.10. The molecule has 1 amide bonds. The summed E-state index contributed by atoms with van der Waals surface area (Å²) < 4.78 is 40.9. The summed E-state index contributed by atoms with van der Waals surface area (Å²) in [6.45, 7) is 2.13. The zero-order valence-corrected chi connectivity index (χ0v) is 16.5. The second kappa shape index (κ2) is 7.33. The van der Waals surface area contributed by atoms with Crippen molar-refractivity contribution in [3.05, 3.63) is 89.2 Å². The highest BCUT2D eigenvalue weighted by atomic mass is 32.2.